The topological polar surface area (TPSA) is 54.1 Å². The third-order valence-corrected chi connectivity index (χ3v) is 4.43. The summed E-state index contributed by atoms with van der Waals surface area (Å²) in [6.07, 6.45) is 5.86. The third kappa shape index (κ3) is 5.63. The van der Waals surface area contributed by atoms with Gasteiger partial charge in [0.15, 0.2) is 0 Å². The number of hydrogen-bond acceptors (Lipinski definition) is 4. The van der Waals surface area contributed by atoms with Gasteiger partial charge in [0.2, 0.25) is 5.28 Å². The van der Waals surface area contributed by atoms with Crippen molar-refractivity contribution in [1.29, 1.82) is 0 Å². The maximum atomic E-state index is 11.9. The molecule has 1 fully saturated rings. The highest BCUT2D eigenvalue weighted by molar-refractivity contribution is 4.81. The van der Waals surface area contributed by atoms with E-state index in [-0.39, 0.29) is 11.6 Å². The quantitative estimate of drug-likeness (QED) is 0.390. The average molecular weight is 314 g/mol. The van der Waals surface area contributed by atoms with Gasteiger partial charge in [-0.05, 0) is 33.6 Å². The smallest absolute Gasteiger partial charge is 0.233 e. The molecule has 1 rings (SSSR count). The normalized spacial score (nSPS) is 20.7. The molecule has 0 aliphatic carbocycles. The zero-order chi connectivity index (χ0) is 16.8. The van der Waals surface area contributed by atoms with Crippen LogP contribution in [0.2, 0.25) is 0 Å². The van der Waals surface area contributed by atoms with Gasteiger partial charge < -0.3 is 10.0 Å². The van der Waals surface area contributed by atoms with Gasteiger partial charge in [-0.15, -0.1) is 5.01 Å². The summed E-state index contributed by atoms with van der Waals surface area (Å²) in [5, 5.41) is 17.2. The van der Waals surface area contributed by atoms with E-state index in [1.807, 2.05) is 20.8 Å². The minimum atomic E-state index is -0.274. The molecule has 22 heavy (non-hydrogen) atoms. The fourth-order valence-corrected chi connectivity index (χ4v) is 2.77. The van der Waals surface area contributed by atoms with Crippen molar-refractivity contribution < 1.29 is 9.81 Å². The Kier molecular flexibility index (Phi) is 7.39. The third-order valence-electron chi connectivity index (χ3n) is 4.43. The molecule has 0 amide bonds. The monoisotopic (exact) mass is 314 g/mol. The molecule has 130 valence electrons. The van der Waals surface area contributed by atoms with Gasteiger partial charge in [0.05, 0.1) is 17.6 Å². The number of hydrazine groups is 1. The fraction of sp³-hybridized carbons (Fsp3) is 1.00. The molecule has 6 heteroatoms. The number of likely N-dealkylation sites (tertiary alicyclic amines) is 1. The molecule has 0 aromatic rings. The van der Waals surface area contributed by atoms with E-state index in [2.05, 4.69) is 24.0 Å². The molecule has 1 atom stereocenters. The van der Waals surface area contributed by atoms with Gasteiger partial charge in [0.25, 0.3) is 0 Å². The molecule has 0 saturated carbocycles. The molecule has 0 aromatic carbocycles. The van der Waals surface area contributed by atoms with Crippen LogP contribution in [0, 0.1) is 5.21 Å². The Hall–Kier alpha value is -1.04. The van der Waals surface area contributed by atoms with Crippen LogP contribution in [0.1, 0.15) is 66.7 Å². The van der Waals surface area contributed by atoms with Crippen LogP contribution in [0.4, 0.5) is 0 Å². The van der Waals surface area contributed by atoms with Crippen molar-refractivity contribution in [1.82, 2.24) is 9.91 Å². The first-order valence-electron chi connectivity index (χ1n) is 8.61. The molecule has 0 bridgehead atoms. The predicted molar refractivity (Wildman–Crippen MR) is 88.2 cm³/mol. The van der Waals surface area contributed by atoms with Crippen molar-refractivity contribution in [2.45, 2.75) is 84.4 Å². The Labute approximate surface area is 135 Å². The summed E-state index contributed by atoms with van der Waals surface area (Å²) in [6, 6.07) is 0.643. The lowest BCUT2D eigenvalue weighted by Gasteiger charge is -2.27. The molecule has 0 spiro atoms. The number of rotatable bonds is 8. The van der Waals surface area contributed by atoms with Crippen LogP contribution >= 0.6 is 0 Å². The molecule has 1 heterocycles. The molecule has 1 aliphatic heterocycles. The lowest BCUT2D eigenvalue weighted by Crippen LogP contribution is -2.42. The minimum absolute atomic E-state index is 0.0287. The predicted octanol–water partition coefficient (Wildman–Crippen LogP) is 3.57. The van der Waals surface area contributed by atoms with E-state index in [4.69, 9.17) is 4.84 Å². The Morgan fingerprint density at radius 3 is 2.41 bits per heavy atom. The molecular formula is C16H34N4O2. The minimum Gasteiger partial charge on any atom is -0.569 e. The van der Waals surface area contributed by atoms with Gasteiger partial charge in [0.1, 0.15) is 6.10 Å². The second kappa shape index (κ2) is 8.56. The van der Waals surface area contributed by atoms with Gasteiger partial charge in [0, 0.05) is 25.6 Å². The van der Waals surface area contributed by atoms with Crippen LogP contribution in [-0.4, -0.2) is 52.7 Å². The fourth-order valence-electron chi connectivity index (χ4n) is 2.77. The van der Waals surface area contributed by atoms with Crippen molar-refractivity contribution in [3.8, 4) is 0 Å². The van der Waals surface area contributed by atoms with E-state index in [0.717, 1.165) is 19.5 Å². The lowest BCUT2D eigenvalue weighted by atomic mass is 10.1. The first kappa shape index (κ1) is 19.0. The van der Waals surface area contributed by atoms with Crippen LogP contribution in [0.25, 0.3) is 0 Å². The first-order valence-corrected chi connectivity index (χ1v) is 8.61. The van der Waals surface area contributed by atoms with Crippen molar-refractivity contribution in [2.75, 3.05) is 20.1 Å². The molecule has 0 aromatic heterocycles. The first-order chi connectivity index (χ1) is 10.3. The molecule has 0 N–H and O–H groups in total. The van der Waals surface area contributed by atoms with E-state index < -0.39 is 0 Å². The average Bonchev–Trinajstić information content (AvgIpc) is 2.91. The van der Waals surface area contributed by atoms with Crippen molar-refractivity contribution >= 4 is 0 Å². The van der Waals surface area contributed by atoms with Crippen LogP contribution in [0.5, 0.6) is 0 Å². The van der Waals surface area contributed by atoms with Crippen molar-refractivity contribution in [2.24, 2.45) is 5.28 Å². The standard InChI is InChI=1S/C16H34N4O2/c1-7-9-14(10-8-2)19-12-11-15(13-19)22-17-20(21)18(6)16(3,4)5/h14-15H,7-13H2,1-6H3/b20-17+/t15-/m1/s1. The molecular weight excluding hydrogens is 280 g/mol. The molecule has 1 saturated heterocycles. The largest absolute Gasteiger partial charge is 0.569 e. The van der Waals surface area contributed by atoms with E-state index in [1.165, 1.54) is 30.7 Å². The van der Waals surface area contributed by atoms with Gasteiger partial charge in [-0.3, -0.25) is 4.90 Å². The highest BCUT2D eigenvalue weighted by Crippen LogP contribution is 2.21. The summed E-state index contributed by atoms with van der Waals surface area (Å²) in [6.45, 7) is 12.3. The molecule has 0 unspecified atom stereocenters. The van der Waals surface area contributed by atoms with Gasteiger partial charge in [-0.1, -0.05) is 26.7 Å². The van der Waals surface area contributed by atoms with Crippen LogP contribution < -0.4 is 0 Å². The van der Waals surface area contributed by atoms with Crippen LogP contribution in [0.15, 0.2) is 5.28 Å². The van der Waals surface area contributed by atoms with Crippen molar-refractivity contribution in [3.63, 3.8) is 0 Å². The Bertz CT molecular complexity index is 349. The second-order valence-corrected chi connectivity index (χ2v) is 7.27. The summed E-state index contributed by atoms with van der Waals surface area (Å²) in [5.41, 5.74) is -0.274. The number of nitrogens with zero attached hydrogens (tertiary/aromatic N) is 4. The molecule has 0 radical (unpaired) electrons. The van der Waals surface area contributed by atoms with E-state index in [9.17, 15) is 5.21 Å². The Morgan fingerprint density at radius 1 is 1.32 bits per heavy atom. The summed E-state index contributed by atoms with van der Waals surface area (Å²) in [7, 11) is 1.72. The second-order valence-electron chi connectivity index (χ2n) is 7.27. The lowest BCUT2D eigenvalue weighted by molar-refractivity contribution is -0.720. The van der Waals surface area contributed by atoms with Crippen LogP contribution in [-0.2, 0) is 4.84 Å². The summed E-state index contributed by atoms with van der Waals surface area (Å²) >= 11 is 0. The van der Waals surface area contributed by atoms with E-state index in [0.29, 0.717) is 11.0 Å². The highest BCUT2D eigenvalue weighted by atomic mass is 16.7. The van der Waals surface area contributed by atoms with Crippen LogP contribution in [0.3, 0.4) is 0 Å². The van der Waals surface area contributed by atoms with Crippen molar-refractivity contribution in [3.05, 3.63) is 5.21 Å². The zero-order valence-electron chi connectivity index (χ0n) is 15.2. The molecule has 6 nitrogen and oxygen atoms in total. The summed E-state index contributed by atoms with van der Waals surface area (Å²) in [4.78, 5) is 8.52. The van der Waals surface area contributed by atoms with Gasteiger partial charge in [-0.2, -0.15) is 0 Å². The summed E-state index contributed by atoms with van der Waals surface area (Å²) in [5.74, 6) is 0. The van der Waals surface area contributed by atoms with E-state index >= 15 is 0 Å². The Balaban J connectivity index is 2.49. The van der Waals surface area contributed by atoms with E-state index in [1.54, 1.807) is 7.05 Å². The van der Waals surface area contributed by atoms with Gasteiger partial charge in [-0.25, -0.2) is 0 Å². The maximum Gasteiger partial charge on any atom is 0.233 e. The highest BCUT2D eigenvalue weighted by Gasteiger charge is 2.30. The molecule has 1 aliphatic rings. The maximum absolute atomic E-state index is 11.9. The Morgan fingerprint density at radius 2 is 1.91 bits per heavy atom. The number of hydrogen-bond donors (Lipinski definition) is 0. The SMILES string of the molecule is CCCC(CCC)N1CC[C@@H](O/N=[N+](/[O-])N(C)C(C)(C)C)C1. The summed E-state index contributed by atoms with van der Waals surface area (Å²) < 4.78 is 0. The van der Waals surface area contributed by atoms with Gasteiger partial charge >= 0.3 is 0 Å². The zero-order valence-corrected chi connectivity index (χ0v) is 15.2.